The fraction of sp³-hybridized carbons (Fsp3) is 0.211. The number of nitrogens with zero attached hydrogens (tertiary/aromatic N) is 3. The molecule has 0 fully saturated rings. The fourth-order valence-corrected chi connectivity index (χ4v) is 3.12. The molecule has 0 saturated heterocycles. The number of thiazole rings is 1. The van der Waals surface area contributed by atoms with E-state index in [9.17, 15) is 0 Å². The van der Waals surface area contributed by atoms with E-state index in [0.717, 1.165) is 27.6 Å². The topological polar surface area (TPSA) is 50.2 Å². The van der Waals surface area contributed by atoms with Crippen molar-refractivity contribution >= 4 is 23.4 Å². The molecule has 3 aromatic rings. The second kappa shape index (κ2) is 6.93. The molecular weight excluding hydrogens is 316 g/mol. The van der Waals surface area contributed by atoms with Gasteiger partial charge in [-0.15, -0.1) is 11.3 Å². The molecule has 2 aromatic heterocycles. The van der Waals surface area contributed by atoms with E-state index in [2.05, 4.69) is 53.8 Å². The Bertz CT molecular complexity index is 815. The van der Waals surface area contributed by atoms with Gasteiger partial charge in [0.25, 0.3) is 0 Å². The van der Waals surface area contributed by atoms with Crippen LogP contribution in [0.3, 0.4) is 0 Å². The van der Waals surface area contributed by atoms with Crippen LogP contribution in [0.4, 0.5) is 5.82 Å². The summed E-state index contributed by atoms with van der Waals surface area (Å²) in [5.41, 5.74) is 6.27. The number of hydrazone groups is 1. The molecule has 4 nitrogen and oxygen atoms in total. The van der Waals surface area contributed by atoms with Crippen LogP contribution in [0.15, 0.2) is 59.1 Å². The summed E-state index contributed by atoms with van der Waals surface area (Å²) in [6.07, 6.45) is 3.51. The lowest BCUT2D eigenvalue weighted by atomic mass is 9.93. The number of anilines is 1. The SMILES string of the molecule is CC(C)(C)c1csc(-c2ccc(/C=N\Nc3ccccn3)cc2)n1. The second-order valence-corrected chi connectivity index (χ2v) is 7.35. The van der Waals surface area contributed by atoms with Gasteiger partial charge < -0.3 is 0 Å². The molecular formula is C19H20N4S. The van der Waals surface area contributed by atoms with E-state index in [0.29, 0.717) is 0 Å². The van der Waals surface area contributed by atoms with Crippen LogP contribution in [0.25, 0.3) is 10.6 Å². The van der Waals surface area contributed by atoms with E-state index in [1.54, 1.807) is 23.7 Å². The standard InChI is InChI=1S/C19H20N4S/c1-19(2,3)16-13-24-18(22-16)15-9-7-14(8-10-15)12-21-23-17-6-4-5-11-20-17/h4-13H,1-3H3,(H,20,23)/b21-12-. The molecule has 0 radical (unpaired) electrons. The van der Waals surface area contributed by atoms with Crippen molar-refractivity contribution in [2.75, 3.05) is 5.43 Å². The lowest BCUT2D eigenvalue weighted by molar-refractivity contribution is 0.573. The highest BCUT2D eigenvalue weighted by Gasteiger charge is 2.17. The van der Waals surface area contributed by atoms with Crippen molar-refractivity contribution in [1.82, 2.24) is 9.97 Å². The van der Waals surface area contributed by atoms with Gasteiger partial charge >= 0.3 is 0 Å². The first kappa shape index (κ1) is 16.3. The normalized spacial score (nSPS) is 11.8. The highest BCUT2D eigenvalue weighted by atomic mass is 32.1. The quantitative estimate of drug-likeness (QED) is 0.542. The summed E-state index contributed by atoms with van der Waals surface area (Å²) in [5, 5.41) is 7.39. The fourth-order valence-electron chi connectivity index (χ4n) is 2.06. The molecule has 24 heavy (non-hydrogen) atoms. The molecule has 0 aliphatic rings. The summed E-state index contributed by atoms with van der Waals surface area (Å²) < 4.78 is 0. The number of benzene rings is 1. The third kappa shape index (κ3) is 4.06. The Hall–Kier alpha value is -2.53. The number of rotatable bonds is 4. The van der Waals surface area contributed by atoms with Gasteiger partial charge in [0.1, 0.15) is 10.8 Å². The van der Waals surface area contributed by atoms with Crippen molar-refractivity contribution in [1.29, 1.82) is 0 Å². The van der Waals surface area contributed by atoms with Gasteiger partial charge in [0.2, 0.25) is 0 Å². The number of nitrogens with one attached hydrogen (secondary N) is 1. The smallest absolute Gasteiger partial charge is 0.146 e. The first-order valence-electron chi connectivity index (χ1n) is 7.79. The van der Waals surface area contributed by atoms with Gasteiger partial charge in [0, 0.05) is 22.6 Å². The molecule has 0 amide bonds. The summed E-state index contributed by atoms with van der Waals surface area (Å²) in [7, 11) is 0. The molecule has 0 bridgehead atoms. The summed E-state index contributed by atoms with van der Waals surface area (Å²) in [6.45, 7) is 6.54. The minimum Gasteiger partial charge on any atom is -0.261 e. The van der Waals surface area contributed by atoms with Crippen molar-refractivity contribution in [2.24, 2.45) is 5.10 Å². The van der Waals surface area contributed by atoms with Crippen LogP contribution < -0.4 is 5.43 Å². The van der Waals surface area contributed by atoms with Gasteiger partial charge in [-0.05, 0) is 17.7 Å². The molecule has 0 atom stereocenters. The van der Waals surface area contributed by atoms with Crippen LogP contribution >= 0.6 is 11.3 Å². The van der Waals surface area contributed by atoms with Crippen LogP contribution in [0, 0.1) is 0 Å². The number of hydrogen-bond donors (Lipinski definition) is 1. The van der Waals surface area contributed by atoms with Gasteiger partial charge in [-0.2, -0.15) is 5.10 Å². The maximum atomic E-state index is 4.75. The summed E-state index contributed by atoms with van der Waals surface area (Å²) in [4.78, 5) is 8.90. The number of pyridine rings is 1. The van der Waals surface area contributed by atoms with Crippen molar-refractivity contribution in [3.8, 4) is 10.6 Å². The van der Waals surface area contributed by atoms with E-state index < -0.39 is 0 Å². The summed E-state index contributed by atoms with van der Waals surface area (Å²) in [6, 6.07) is 13.9. The molecule has 2 heterocycles. The Labute approximate surface area is 146 Å². The van der Waals surface area contributed by atoms with E-state index in [4.69, 9.17) is 4.98 Å². The molecule has 122 valence electrons. The third-order valence-corrected chi connectivity index (χ3v) is 4.38. The van der Waals surface area contributed by atoms with Gasteiger partial charge in [0.15, 0.2) is 0 Å². The summed E-state index contributed by atoms with van der Waals surface area (Å²) in [5.74, 6) is 0.725. The average molecular weight is 336 g/mol. The van der Waals surface area contributed by atoms with Crippen LogP contribution in [-0.4, -0.2) is 16.2 Å². The molecule has 0 spiro atoms. The van der Waals surface area contributed by atoms with Crippen molar-refractivity contribution < 1.29 is 0 Å². The Morgan fingerprint density at radius 3 is 2.50 bits per heavy atom. The highest BCUT2D eigenvalue weighted by Crippen LogP contribution is 2.29. The zero-order valence-electron chi connectivity index (χ0n) is 14.0. The maximum absolute atomic E-state index is 4.75. The lowest BCUT2D eigenvalue weighted by Gasteiger charge is -2.14. The van der Waals surface area contributed by atoms with Crippen molar-refractivity contribution in [3.63, 3.8) is 0 Å². The van der Waals surface area contributed by atoms with E-state index in [1.807, 2.05) is 30.3 Å². The van der Waals surface area contributed by atoms with Gasteiger partial charge in [-0.1, -0.05) is 51.1 Å². The molecule has 1 N–H and O–H groups in total. The minimum atomic E-state index is 0.0818. The number of aromatic nitrogens is 2. The Morgan fingerprint density at radius 2 is 1.88 bits per heavy atom. The lowest BCUT2D eigenvalue weighted by Crippen LogP contribution is -2.11. The van der Waals surface area contributed by atoms with Gasteiger partial charge in [0.05, 0.1) is 11.9 Å². The monoisotopic (exact) mass is 336 g/mol. The Kier molecular flexibility index (Phi) is 4.71. The molecule has 1 aromatic carbocycles. The zero-order valence-corrected chi connectivity index (χ0v) is 14.8. The Morgan fingerprint density at radius 1 is 1.08 bits per heavy atom. The average Bonchev–Trinajstić information content (AvgIpc) is 3.07. The zero-order chi connectivity index (χ0) is 17.0. The molecule has 0 aliphatic heterocycles. The molecule has 0 aliphatic carbocycles. The summed E-state index contributed by atoms with van der Waals surface area (Å²) >= 11 is 1.69. The van der Waals surface area contributed by atoms with Crippen molar-refractivity contribution in [2.45, 2.75) is 26.2 Å². The predicted molar refractivity (Wildman–Crippen MR) is 102 cm³/mol. The number of hydrogen-bond acceptors (Lipinski definition) is 5. The van der Waals surface area contributed by atoms with Crippen LogP contribution in [0.1, 0.15) is 32.0 Å². The molecule has 3 rings (SSSR count). The van der Waals surface area contributed by atoms with Gasteiger partial charge in [-0.3, -0.25) is 5.43 Å². The van der Waals surface area contributed by atoms with E-state index >= 15 is 0 Å². The minimum absolute atomic E-state index is 0.0818. The van der Waals surface area contributed by atoms with Crippen LogP contribution in [0.2, 0.25) is 0 Å². The van der Waals surface area contributed by atoms with E-state index in [-0.39, 0.29) is 5.41 Å². The van der Waals surface area contributed by atoms with E-state index in [1.165, 1.54) is 0 Å². The van der Waals surface area contributed by atoms with Crippen LogP contribution in [-0.2, 0) is 5.41 Å². The Balaban J connectivity index is 1.68. The first-order valence-corrected chi connectivity index (χ1v) is 8.67. The molecule has 0 unspecified atom stereocenters. The third-order valence-electron chi connectivity index (χ3n) is 3.49. The van der Waals surface area contributed by atoms with Crippen LogP contribution in [0.5, 0.6) is 0 Å². The largest absolute Gasteiger partial charge is 0.261 e. The predicted octanol–water partition coefficient (Wildman–Crippen LogP) is 4.95. The first-order chi connectivity index (χ1) is 11.5. The highest BCUT2D eigenvalue weighted by molar-refractivity contribution is 7.13. The molecule has 5 heteroatoms. The van der Waals surface area contributed by atoms with Gasteiger partial charge in [-0.25, -0.2) is 9.97 Å². The van der Waals surface area contributed by atoms with Crippen molar-refractivity contribution in [3.05, 3.63) is 65.3 Å². The second-order valence-electron chi connectivity index (χ2n) is 6.49. The maximum Gasteiger partial charge on any atom is 0.146 e. The molecule has 0 saturated carbocycles.